The van der Waals surface area contributed by atoms with Crippen molar-refractivity contribution in [2.45, 2.75) is 76.5 Å². The Morgan fingerprint density at radius 3 is 0.848 bits per heavy atom. The second-order valence-electron chi connectivity index (χ2n) is 24.0. The predicted octanol–water partition coefficient (Wildman–Crippen LogP) is 14.6. The third kappa shape index (κ3) is 7.22. The molecule has 0 amide bonds. The summed E-state index contributed by atoms with van der Waals surface area (Å²) in [4.78, 5) is 9.94. The van der Waals surface area contributed by atoms with Crippen LogP contribution >= 0.6 is 0 Å². The van der Waals surface area contributed by atoms with Gasteiger partial charge in [0, 0.05) is 0 Å². The quantitative estimate of drug-likeness (QED) is 0.153. The molecule has 6 bridgehead atoms. The molecule has 9 heteroatoms. The molecule has 8 nitrogen and oxygen atoms in total. The molecule has 4 saturated heterocycles. The Balaban J connectivity index is 0.922. The van der Waals surface area contributed by atoms with Crippen molar-refractivity contribution < 1.29 is 36.6 Å². The van der Waals surface area contributed by atoms with Crippen molar-refractivity contribution in [1.82, 2.24) is 19.6 Å². The van der Waals surface area contributed by atoms with Gasteiger partial charge in [-0.25, -0.2) is 0 Å². The predicted molar refractivity (Wildman–Crippen MR) is 307 cm³/mol. The fraction of sp³-hybridized carbons (Fsp3) is 0.229. The van der Waals surface area contributed by atoms with Gasteiger partial charge >= 0.3 is 473 Å². The number of fused-ring (bicyclic) bond motifs is 8. The summed E-state index contributed by atoms with van der Waals surface area (Å²) in [5.41, 5.74) is 21.0. The summed E-state index contributed by atoms with van der Waals surface area (Å²) in [7, 11) is 0. The minimum atomic E-state index is -0.957. The van der Waals surface area contributed by atoms with Gasteiger partial charge in [0.25, 0.3) is 0 Å². The van der Waals surface area contributed by atoms with Crippen LogP contribution < -0.4 is 0 Å². The van der Waals surface area contributed by atoms with Crippen molar-refractivity contribution >= 4 is 8.29 Å². The Morgan fingerprint density at radius 1 is 0.354 bits per heavy atom. The Morgan fingerprint density at radius 2 is 0.608 bits per heavy atom. The molecule has 0 spiro atoms. The van der Waals surface area contributed by atoms with Crippen LogP contribution in [-0.2, 0) is 47.4 Å². The molecule has 0 radical (unpaired) electrons. The first-order valence-corrected chi connectivity index (χ1v) is 29.9. The van der Waals surface area contributed by atoms with Crippen molar-refractivity contribution in [3.05, 3.63) is 239 Å². The molecule has 4 atom stereocenters. The van der Waals surface area contributed by atoms with E-state index in [1.54, 1.807) is 0 Å². The molecule has 0 aliphatic carbocycles. The summed E-state index contributed by atoms with van der Waals surface area (Å²) in [6, 6.07) is 70.6. The molecule has 79 heavy (non-hydrogen) atoms. The summed E-state index contributed by atoms with van der Waals surface area (Å²) in [6.07, 6.45) is 0. The average molecular weight is 1210 g/mol. The zero-order chi connectivity index (χ0) is 53.1. The summed E-state index contributed by atoms with van der Waals surface area (Å²) >= 11 is -0.957. The minimum absolute atomic E-state index is 0.0938. The van der Waals surface area contributed by atoms with Gasteiger partial charge in [0.2, 0.25) is 0 Å². The maximum absolute atomic E-state index is 7.00. The van der Waals surface area contributed by atoms with Crippen molar-refractivity contribution in [1.29, 1.82) is 0 Å². The molecule has 0 N–H and O–H groups in total. The van der Waals surface area contributed by atoms with Gasteiger partial charge in [-0.3, -0.25) is 0 Å². The summed E-state index contributed by atoms with van der Waals surface area (Å²) in [6.45, 7) is 15.8. The molecular formula is C70H58N4O4Pt-2. The molecule has 0 aromatic heterocycles. The Labute approximate surface area is 470 Å². The Hall–Kier alpha value is -7.93. The molecule has 0 saturated carbocycles. The zero-order valence-corrected chi connectivity index (χ0v) is 47.3. The van der Waals surface area contributed by atoms with Gasteiger partial charge < -0.3 is 0 Å². The van der Waals surface area contributed by atoms with Crippen LogP contribution in [-0.4, -0.2) is 54.3 Å². The molecule has 8 aliphatic rings. The van der Waals surface area contributed by atoms with Crippen LogP contribution in [0.4, 0.5) is 0 Å². The van der Waals surface area contributed by atoms with E-state index < -0.39 is 17.6 Å². The third-order valence-corrected chi connectivity index (χ3v) is 20.3. The molecule has 4 unspecified atom stereocenters. The van der Waals surface area contributed by atoms with E-state index in [2.05, 4.69) is 243 Å². The molecule has 4 fully saturated rings. The average Bonchev–Trinajstić information content (AvgIpc) is 3.11. The van der Waals surface area contributed by atoms with E-state index in [0.717, 1.165) is 56.9 Å². The summed E-state index contributed by atoms with van der Waals surface area (Å²) in [5, 5.41) is 0. The molecule has 394 valence electrons. The number of benzene rings is 8. The first kappa shape index (κ1) is 47.1. The Bertz CT molecular complexity index is 3540. The van der Waals surface area contributed by atoms with Crippen molar-refractivity contribution in [2.75, 3.05) is 26.4 Å². The summed E-state index contributed by atoms with van der Waals surface area (Å²) < 4.78 is 30.5. The monoisotopic (exact) mass is 1210 g/mol. The number of hydrogen-bond donors (Lipinski definition) is 0. The first-order valence-electron chi connectivity index (χ1n) is 27.7. The van der Waals surface area contributed by atoms with Gasteiger partial charge in [-0.05, 0) is 0 Å². The third-order valence-electron chi connectivity index (χ3n) is 17.1. The van der Waals surface area contributed by atoms with Crippen LogP contribution in [0.3, 0.4) is 0 Å². The van der Waals surface area contributed by atoms with E-state index in [1.807, 2.05) is 0 Å². The van der Waals surface area contributed by atoms with Gasteiger partial charge in [0.05, 0.1) is 0 Å². The van der Waals surface area contributed by atoms with E-state index in [1.165, 1.54) is 75.1 Å². The van der Waals surface area contributed by atoms with E-state index in [-0.39, 0.29) is 35.0 Å². The summed E-state index contributed by atoms with van der Waals surface area (Å²) in [5.74, 6) is 3.15. The van der Waals surface area contributed by atoms with Crippen LogP contribution in [0, 0.1) is 12.1 Å². The van der Waals surface area contributed by atoms with Crippen LogP contribution in [0.15, 0.2) is 193 Å². The van der Waals surface area contributed by atoms with Crippen molar-refractivity contribution in [3.8, 4) is 66.8 Å². The van der Waals surface area contributed by atoms with Crippen LogP contribution in [0.25, 0.3) is 66.8 Å². The van der Waals surface area contributed by atoms with Gasteiger partial charge in [-0.15, -0.1) is 0 Å². The van der Waals surface area contributed by atoms with Gasteiger partial charge in [0.15, 0.2) is 0 Å². The van der Waals surface area contributed by atoms with E-state index in [0.29, 0.717) is 26.4 Å². The van der Waals surface area contributed by atoms with E-state index in [4.69, 9.17) is 18.9 Å². The first-order chi connectivity index (χ1) is 38.4. The van der Waals surface area contributed by atoms with Crippen molar-refractivity contribution in [2.24, 2.45) is 0 Å². The molecule has 8 aromatic rings. The molecular weight excluding hydrogens is 1160 g/mol. The van der Waals surface area contributed by atoms with Crippen LogP contribution in [0.1, 0.15) is 99.1 Å². The molecule has 16 rings (SSSR count). The van der Waals surface area contributed by atoms with E-state index >= 15 is 0 Å². The second kappa shape index (κ2) is 17.3. The fourth-order valence-electron chi connectivity index (χ4n) is 13.0. The normalized spacial score (nSPS) is 21.0. The number of ether oxygens (including phenoxy) is 4. The van der Waals surface area contributed by atoms with Gasteiger partial charge in [-0.2, -0.15) is 0 Å². The van der Waals surface area contributed by atoms with E-state index in [9.17, 15) is 0 Å². The maximum atomic E-state index is 7.00. The van der Waals surface area contributed by atoms with Crippen LogP contribution in [0.2, 0.25) is 0 Å². The molecule has 8 aliphatic heterocycles. The number of hydrogen-bond acceptors (Lipinski definition) is 8. The fourth-order valence-corrected chi connectivity index (χ4v) is 16.9. The van der Waals surface area contributed by atoms with Gasteiger partial charge in [-0.1, -0.05) is 0 Å². The van der Waals surface area contributed by atoms with Crippen LogP contribution in [0.5, 0.6) is 0 Å². The molecule has 8 aromatic carbocycles. The zero-order valence-electron chi connectivity index (χ0n) is 45.0. The standard InChI is InChI=1S/C70H58N4O4.Pt/c1-69(2,3)53-33-55(43-19-11-7-12-20-43)63(56(34-53)44-21-13-8-14-22-44)51-29-47-27-48(30-51)60-38-76-66-68-74(42-72(60)66)62(40-78-68)50-28-49(61-39-77-67-65-71(41-73(61)67)59(47)37-75-65)31-52(32-50)64-57(45-23-15-9-16-24-45)35-54(70(4,5)6)36-58(64)46-25-17-10-18-26-46;/h7-26,29-36,59-62H,37-40H2,1-6H3;/q-2;. The second-order valence-corrected chi connectivity index (χ2v) is 26.6. The SMILES string of the molecule is CC(C)(C)c1cc(-c2ccccc2)c(-c2cc3[c-]c(c2)C2COC4=C5OCC6c7[c-]c(cc(-c8c(-c9ccccc9)cc(C(C)(C)C)cc8-c8ccccc8)c7)C7COC8=C9OCC3N9[C](=[Pt]=[C](N42)N56)N87)c(-c2ccccc2)c1. The molecule has 8 heterocycles. The Kier molecular flexibility index (Phi) is 10.3. The number of nitrogens with zero attached hydrogens (tertiary/aromatic N) is 4. The van der Waals surface area contributed by atoms with Gasteiger partial charge in [0.1, 0.15) is 0 Å². The topological polar surface area (TPSA) is 49.9 Å². The number of rotatable bonds is 6. The van der Waals surface area contributed by atoms with Crippen molar-refractivity contribution in [3.63, 3.8) is 0 Å².